The Bertz CT molecular complexity index is 690. The van der Waals surface area contributed by atoms with E-state index in [9.17, 15) is 10.2 Å². The number of ether oxygens (including phenoxy) is 2. The highest BCUT2D eigenvalue weighted by Crippen LogP contribution is 2.24. The van der Waals surface area contributed by atoms with E-state index in [1.807, 2.05) is 41.5 Å². The lowest BCUT2D eigenvalue weighted by Crippen LogP contribution is -2.34. The molecule has 6 nitrogen and oxygen atoms in total. The molecule has 0 aromatic rings. The van der Waals surface area contributed by atoms with Crippen LogP contribution < -0.4 is 0 Å². The van der Waals surface area contributed by atoms with Gasteiger partial charge in [0.15, 0.2) is 0 Å². The van der Waals surface area contributed by atoms with E-state index in [1.165, 1.54) is 0 Å². The molecule has 0 fully saturated rings. The summed E-state index contributed by atoms with van der Waals surface area (Å²) in [7, 11) is 0. The van der Waals surface area contributed by atoms with E-state index < -0.39 is 22.4 Å². The summed E-state index contributed by atoms with van der Waals surface area (Å²) in [5, 5.41) is 38.0. The van der Waals surface area contributed by atoms with Crippen molar-refractivity contribution in [3.8, 4) is 23.7 Å². The Labute approximate surface area is 264 Å². The van der Waals surface area contributed by atoms with Gasteiger partial charge in [-0.1, -0.05) is 109 Å². The first-order valence-electron chi connectivity index (χ1n) is 14.2. The second-order valence-electron chi connectivity index (χ2n) is 13.0. The average molecular weight is 605 g/mol. The smallest absolute Gasteiger partial charge is 0.126 e. The van der Waals surface area contributed by atoms with Crippen molar-refractivity contribution in [3.05, 3.63) is 0 Å². The Hall–Kier alpha value is -1.12. The van der Waals surface area contributed by atoms with Crippen LogP contribution in [0.5, 0.6) is 0 Å². The van der Waals surface area contributed by atoms with Crippen molar-refractivity contribution in [2.24, 2.45) is 23.7 Å². The summed E-state index contributed by atoms with van der Waals surface area (Å²) in [6.07, 6.45) is 2.82. The molecule has 0 aromatic heterocycles. The molecule has 4 atom stereocenters. The van der Waals surface area contributed by atoms with Gasteiger partial charge >= 0.3 is 0 Å². The van der Waals surface area contributed by atoms with Crippen LogP contribution in [0.1, 0.15) is 138 Å². The SMILES string of the molecule is C.C.C.C.CC(C)CC(C)(C#CC(C)(CC(C)C)OCCO)OCCO.CC(C)CC(C)(O)C#CC(C)(O)CC(C)C. The van der Waals surface area contributed by atoms with Crippen LogP contribution in [0.15, 0.2) is 0 Å². The van der Waals surface area contributed by atoms with Crippen molar-refractivity contribution in [3.63, 3.8) is 0 Å². The molecule has 42 heavy (non-hydrogen) atoms. The highest BCUT2D eigenvalue weighted by Gasteiger charge is 2.28. The van der Waals surface area contributed by atoms with Crippen LogP contribution in [0.25, 0.3) is 0 Å². The standard InChI is InChI=1S/C18H34O4.C14H26O2.4CH4/c1-15(2)13-17(5,21-11-9-19)7-8-18(6,14-16(3)4)22-12-10-20;1-11(2)9-13(5,15)7-8-14(6,16)10-12(3)4;;;;/h15-16,19-20H,9-14H2,1-6H3;11-12,15-16H,9-10H2,1-6H3;4*1H4. The minimum absolute atomic E-state index is 0. The van der Waals surface area contributed by atoms with Gasteiger partial charge in [-0.2, -0.15) is 0 Å². The first-order valence-corrected chi connectivity index (χ1v) is 14.2. The Morgan fingerprint density at radius 3 is 0.905 bits per heavy atom. The topological polar surface area (TPSA) is 99.4 Å². The number of hydrogen-bond donors (Lipinski definition) is 4. The maximum absolute atomic E-state index is 10.00. The summed E-state index contributed by atoms with van der Waals surface area (Å²) in [5.74, 6) is 13.7. The van der Waals surface area contributed by atoms with Crippen molar-refractivity contribution in [2.45, 2.75) is 161 Å². The Kier molecular flexibility index (Phi) is 32.1. The quantitative estimate of drug-likeness (QED) is 0.151. The van der Waals surface area contributed by atoms with Gasteiger partial charge in [0.2, 0.25) is 0 Å². The van der Waals surface area contributed by atoms with Gasteiger partial charge in [-0.3, -0.25) is 0 Å². The summed E-state index contributed by atoms with van der Waals surface area (Å²) in [6.45, 7) is 24.5. The van der Waals surface area contributed by atoms with Crippen molar-refractivity contribution < 1.29 is 29.9 Å². The molecule has 0 aliphatic carbocycles. The molecule has 0 saturated heterocycles. The highest BCUT2D eigenvalue weighted by molar-refractivity contribution is 5.21. The molecular formula is C36H76O6. The Balaban J connectivity index is -0.000000146. The van der Waals surface area contributed by atoms with E-state index in [2.05, 4.69) is 51.4 Å². The van der Waals surface area contributed by atoms with Gasteiger partial charge in [-0.25, -0.2) is 0 Å². The normalized spacial score (nSPS) is 16.1. The molecule has 0 aromatic carbocycles. The predicted octanol–water partition coefficient (Wildman–Crippen LogP) is 7.75. The number of aliphatic hydroxyl groups excluding tert-OH is 2. The second kappa shape index (κ2) is 25.2. The minimum Gasteiger partial charge on any atom is -0.394 e. The molecule has 0 rings (SSSR count). The van der Waals surface area contributed by atoms with Gasteiger partial charge < -0.3 is 29.9 Å². The van der Waals surface area contributed by atoms with Crippen LogP contribution in [-0.2, 0) is 9.47 Å². The van der Waals surface area contributed by atoms with E-state index in [-0.39, 0.29) is 56.1 Å². The summed E-state index contributed by atoms with van der Waals surface area (Å²) in [5.41, 5.74) is -3.21. The van der Waals surface area contributed by atoms with Crippen molar-refractivity contribution in [1.29, 1.82) is 0 Å². The third kappa shape index (κ3) is 30.3. The Morgan fingerprint density at radius 1 is 0.476 bits per heavy atom. The zero-order valence-corrected chi connectivity index (χ0v) is 26.6. The molecule has 0 aliphatic heterocycles. The molecular weight excluding hydrogens is 528 g/mol. The molecule has 0 amide bonds. The van der Waals surface area contributed by atoms with Crippen LogP contribution in [0, 0.1) is 47.4 Å². The van der Waals surface area contributed by atoms with Crippen LogP contribution in [0.3, 0.4) is 0 Å². The maximum atomic E-state index is 10.00. The van der Waals surface area contributed by atoms with Gasteiger partial charge in [0.05, 0.1) is 26.4 Å². The lowest BCUT2D eigenvalue weighted by Gasteiger charge is -2.29. The lowest BCUT2D eigenvalue weighted by atomic mass is 9.90. The summed E-state index contributed by atoms with van der Waals surface area (Å²) >= 11 is 0. The average Bonchev–Trinajstić information content (AvgIpc) is 2.72. The second-order valence-corrected chi connectivity index (χ2v) is 13.0. The minimum atomic E-state index is -1.00. The third-order valence-electron chi connectivity index (χ3n) is 5.42. The highest BCUT2D eigenvalue weighted by atomic mass is 16.5. The molecule has 0 saturated carbocycles. The molecule has 256 valence electrons. The Morgan fingerprint density at radius 2 is 0.714 bits per heavy atom. The first kappa shape index (κ1) is 53.4. The zero-order valence-electron chi connectivity index (χ0n) is 26.6. The van der Waals surface area contributed by atoms with Crippen molar-refractivity contribution >= 4 is 0 Å². The molecule has 6 heteroatoms. The van der Waals surface area contributed by atoms with Gasteiger partial charge in [-0.05, 0) is 77.0 Å². The van der Waals surface area contributed by atoms with Crippen molar-refractivity contribution in [1.82, 2.24) is 0 Å². The van der Waals surface area contributed by atoms with E-state index >= 15 is 0 Å². The van der Waals surface area contributed by atoms with Gasteiger partial charge in [-0.15, -0.1) is 0 Å². The molecule has 0 aliphatic rings. The predicted molar refractivity (Wildman–Crippen MR) is 184 cm³/mol. The van der Waals surface area contributed by atoms with Gasteiger partial charge in [0.25, 0.3) is 0 Å². The van der Waals surface area contributed by atoms with Crippen LogP contribution >= 0.6 is 0 Å². The van der Waals surface area contributed by atoms with E-state index in [1.54, 1.807) is 13.8 Å². The first-order chi connectivity index (χ1) is 17.2. The van der Waals surface area contributed by atoms with E-state index in [4.69, 9.17) is 19.7 Å². The fourth-order valence-electron chi connectivity index (χ4n) is 4.62. The van der Waals surface area contributed by atoms with E-state index in [0.717, 1.165) is 12.8 Å². The summed E-state index contributed by atoms with van der Waals surface area (Å²) < 4.78 is 11.5. The molecule has 0 bridgehead atoms. The molecule has 0 radical (unpaired) electrons. The summed E-state index contributed by atoms with van der Waals surface area (Å²) in [6, 6.07) is 0. The monoisotopic (exact) mass is 605 g/mol. The molecule has 4 unspecified atom stereocenters. The van der Waals surface area contributed by atoms with Crippen LogP contribution in [0.2, 0.25) is 0 Å². The number of aliphatic hydroxyl groups is 4. The number of hydrogen-bond acceptors (Lipinski definition) is 6. The molecule has 0 spiro atoms. The van der Waals surface area contributed by atoms with Gasteiger partial charge in [0.1, 0.15) is 22.4 Å². The van der Waals surface area contributed by atoms with Crippen molar-refractivity contribution in [2.75, 3.05) is 26.4 Å². The molecule has 4 N–H and O–H groups in total. The fraction of sp³-hybridized carbons (Fsp3) is 0.889. The number of rotatable bonds is 14. The summed E-state index contributed by atoms with van der Waals surface area (Å²) in [4.78, 5) is 0. The lowest BCUT2D eigenvalue weighted by molar-refractivity contribution is -0.0255. The third-order valence-corrected chi connectivity index (χ3v) is 5.42. The largest absolute Gasteiger partial charge is 0.394 e. The van der Waals surface area contributed by atoms with Crippen LogP contribution in [-0.4, -0.2) is 69.3 Å². The fourth-order valence-corrected chi connectivity index (χ4v) is 4.62. The van der Waals surface area contributed by atoms with E-state index in [0.29, 0.717) is 36.5 Å². The van der Waals surface area contributed by atoms with Gasteiger partial charge in [0, 0.05) is 0 Å². The maximum Gasteiger partial charge on any atom is 0.126 e. The zero-order chi connectivity index (χ0) is 30.2. The molecule has 0 heterocycles. The van der Waals surface area contributed by atoms with Crippen LogP contribution in [0.4, 0.5) is 0 Å².